The Labute approximate surface area is 156 Å². The lowest BCUT2D eigenvalue weighted by atomic mass is 10.0. The summed E-state index contributed by atoms with van der Waals surface area (Å²) in [7, 11) is 4.09. The third-order valence-electron chi connectivity index (χ3n) is 4.14. The molecule has 0 saturated carbocycles. The predicted molar refractivity (Wildman–Crippen MR) is 103 cm³/mol. The third kappa shape index (κ3) is 4.14. The molecule has 2 heterocycles. The fourth-order valence-electron chi connectivity index (χ4n) is 2.96. The maximum atomic E-state index is 12.7. The summed E-state index contributed by atoms with van der Waals surface area (Å²) in [6, 6.07) is 11.8. The molecule has 1 aromatic heterocycles. The Hall–Kier alpha value is -2.05. The van der Waals surface area contributed by atoms with Crippen molar-refractivity contribution in [2.45, 2.75) is 6.42 Å². The van der Waals surface area contributed by atoms with E-state index in [0.29, 0.717) is 6.54 Å². The number of amides is 1. The van der Waals surface area contributed by atoms with Crippen LogP contribution >= 0.6 is 15.9 Å². The Morgan fingerprint density at radius 2 is 2.12 bits per heavy atom. The molecule has 0 spiro atoms. The van der Waals surface area contributed by atoms with Crippen LogP contribution < -0.4 is 9.89 Å². The van der Waals surface area contributed by atoms with Gasteiger partial charge in [0.25, 0.3) is 5.91 Å². The molecule has 0 radical (unpaired) electrons. The molecule has 130 valence electrons. The van der Waals surface area contributed by atoms with Gasteiger partial charge in [0.1, 0.15) is 5.69 Å². The first-order valence-electron chi connectivity index (χ1n) is 8.33. The summed E-state index contributed by atoms with van der Waals surface area (Å²) in [5.74, 6) is 0.0771. The number of benzene rings is 1. The average Bonchev–Trinajstić information content (AvgIpc) is 2.72. The van der Waals surface area contributed by atoms with E-state index in [4.69, 9.17) is 0 Å². The number of hydrogen-bond acceptors (Lipinski definition) is 3. The van der Waals surface area contributed by atoms with E-state index in [1.54, 1.807) is 6.20 Å². The molecule has 0 aliphatic carbocycles. The smallest absolute Gasteiger partial charge is 0.292 e. The van der Waals surface area contributed by atoms with Crippen molar-refractivity contribution in [1.82, 2.24) is 9.88 Å². The Morgan fingerprint density at radius 1 is 1.28 bits per heavy atom. The van der Waals surface area contributed by atoms with Crippen LogP contribution in [0.2, 0.25) is 0 Å². The van der Waals surface area contributed by atoms with Gasteiger partial charge in [0.15, 0.2) is 0 Å². The Bertz CT molecular complexity index is 789. The number of carbonyl (C=O) groups is 1. The summed E-state index contributed by atoms with van der Waals surface area (Å²) < 4.78 is 0.976. The Morgan fingerprint density at radius 3 is 2.84 bits per heavy atom. The Balaban J connectivity index is 2.01. The molecule has 0 unspecified atom stereocenters. The van der Waals surface area contributed by atoms with Crippen LogP contribution in [0.25, 0.3) is 0 Å². The second kappa shape index (κ2) is 7.89. The second-order valence-corrected chi connectivity index (χ2v) is 7.22. The van der Waals surface area contributed by atoms with Gasteiger partial charge in [-0.2, -0.15) is 0 Å². The molecule has 25 heavy (non-hydrogen) atoms. The molecule has 1 amide bonds. The summed E-state index contributed by atoms with van der Waals surface area (Å²) >= 11 is 3.55. The van der Waals surface area contributed by atoms with Gasteiger partial charge < -0.3 is 9.80 Å². The monoisotopic (exact) mass is 401 g/mol. The summed E-state index contributed by atoms with van der Waals surface area (Å²) in [5.41, 5.74) is 3.64. The molecule has 1 aliphatic rings. The van der Waals surface area contributed by atoms with Crippen LogP contribution in [0.15, 0.2) is 47.1 Å². The van der Waals surface area contributed by atoms with E-state index in [-0.39, 0.29) is 12.5 Å². The van der Waals surface area contributed by atoms with E-state index in [1.165, 1.54) is 0 Å². The maximum Gasteiger partial charge on any atom is 0.292 e. The lowest BCUT2D eigenvalue weighted by Crippen LogP contribution is -2.75. The van der Waals surface area contributed by atoms with Gasteiger partial charge in [-0.3, -0.25) is 4.79 Å². The third-order valence-corrected chi connectivity index (χ3v) is 4.64. The van der Waals surface area contributed by atoms with Crippen LogP contribution in [0.3, 0.4) is 0 Å². The van der Waals surface area contributed by atoms with Crippen molar-refractivity contribution >= 4 is 33.2 Å². The van der Waals surface area contributed by atoms with E-state index in [9.17, 15) is 4.79 Å². The highest BCUT2D eigenvalue weighted by Crippen LogP contribution is 2.27. The molecule has 0 bridgehead atoms. The minimum absolute atomic E-state index is 0.0771. The minimum atomic E-state index is 0.0771. The number of carbonyl (C=O) groups excluding carboxylic acids is 1. The topological polar surface area (TPSA) is 50.4 Å². The number of aromatic nitrogens is 1. The zero-order valence-electron chi connectivity index (χ0n) is 14.5. The van der Waals surface area contributed by atoms with Gasteiger partial charge >= 0.3 is 0 Å². The SMILES string of the molecule is CN(C)CCCN1C(=O)C[NH+]=C(c2ccccn2)c2cc(Br)ccc21. The summed E-state index contributed by atoms with van der Waals surface area (Å²) in [4.78, 5) is 24.5. The number of nitrogens with zero attached hydrogens (tertiary/aromatic N) is 3. The number of nitrogens with one attached hydrogen (secondary N) is 1. The fourth-order valence-corrected chi connectivity index (χ4v) is 3.32. The van der Waals surface area contributed by atoms with Gasteiger partial charge in [-0.15, -0.1) is 0 Å². The summed E-state index contributed by atoms with van der Waals surface area (Å²) in [6.45, 7) is 1.91. The molecule has 5 nitrogen and oxygen atoms in total. The van der Waals surface area contributed by atoms with E-state index in [1.807, 2.05) is 55.4 Å². The van der Waals surface area contributed by atoms with E-state index >= 15 is 0 Å². The number of fused-ring (bicyclic) bond motifs is 1. The molecular weight excluding hydrogens is 380 g/mol. The molecule has 0 saturated heterocycles. The highest BCUT2D eigenvalue weighted by atomic mass is 79.9. The first-order valence-corrected chi connectivity index (χ1v) is 9.13. The fraction of sp³-hybridized carbons (Fsp3) is 0.316. The normalized spacial score (nSPS) is 14.3. The second-order valence-electron chi connectivity index (χ2n) is 6.31. The lowest BCUT2D eigenvalue weighted by molar-refractivity contribution is -0.442. The van der Waals surface area contributed by atoms with Gasteiger partial charge in [0.2, 0.25) is 12.3 Å². The zero-order chi connectivity index (χ0) is 17.8. The number of hydrogen-bond donors (Lipinski definition) is 1. The molecule has 1 aromatic carbocycles. The minimum Gasteiger partial charge on any atom is -0.309 e. The molecule has 6 heteroatoms. The van der Waals surface area contributed by atoms with Crippen LogP contribution in [0, 0.1) is 0 Å². The lowest BCUT2D eigenvalue weighted by Gasteiger charge is -2.22. The number of anilines is 1. The number of halogens is 1. The molecule has 1 aliphatic heterocycles. The summed E-state index contributed by atoms with van der Waals surface area (Å²) in [6.07, 6.45) is 2.69. The van der Waals surface area contributed by atoms with E-state index < -0.39 is 0 Å². The van der Waals surface area contributed by atoms with Crippen molar-refractivity contribution in [2.75, 3.05) is 38.6 Å². The first kappa shape index (κ1) is 17.8. The van der Waals surface area contributed by atoms with Crippen molar-refractivity contribution < 1.29 is 9.79 Å². The molecule has 0 fully saturated rings. The number of pyridine rings is 1. The van der Waals surface area contributed by atoms with Crippen molar-refractivity contribution in [3.63, 3.8) is 0 Å². The first-order chi connectivity index (χ1) is 12.1. The van der Waals surface area contributed by atoms with Crippen molar-refractivity contribution in [3.8, 4) is 0 Å². The highest BCUT2D eigenvalue weighted by molar-refractivity contribution is 9.10. The average molecular weight is 402 g/mol. The number of benzodiazepines with no additional fused rings is 1. The van der Waals surface area contributed by atoms with Gasteiger partial charge in [-0.1, -0.05) is 22.0 Å². The van der Waals surface area contributed by atoms with Crippen LogP contribution in [-0.2, 0) is 4.79 Å². The highest BCUT2D eigenvalue weighted by Gasteiger charge is 2.29. The van der Waals surface area contributed by atoms with Crippen LogP contribution in [0.5, 0.6) is 0 Å². The van der Waals surface area contributed by atoms with Crippen molar-refractivity contribution in [2.24, 2.45) is 0 Å². The van der Waals surface area contributed by atoms with Crippen LogP contribution in [0.4, 0.5) is 5.69 Å². The molecule has 3 rings (SSSR count). The number of rotatable bonds is 5. The molecule has 0 atom stereocenters. The van der Waals surface area contributed by atoms with Gasteiger partial charge in [0.05, 0.1) is 11.3 Å². The molecular formula is C19H22BrN4O+. The van der Waals surface area contributed by atoms with Crippen molar-refractivity contribution in [1.29, 1.82) is 0 Å². The summed E-state index contributed by atoms with van der Waals surface area (Å²) in [5, 5.41) is 0. The van der Waals surface area contributed by atoms with Crippen LogP contribution in [-0.4, -0.2) is 55.2 Å². The maximum absolute atomic E-state index is 12.7. The molecule has 1 N–H and O–H groups in total. The standard InChI is InChI=1S/C19H21BrN4O/c1-23(2)10-5-11-24-17-8-7-14(20)12-15(17)19(22-13-18(24)25)16-6-3-4-9-21-16/h3-4,6-9,12H,5,10-11,13H2,1-2H3/p+1. The van der Waals surface area contributed by atoms with Gasteiger partial charge in [-0.25, -0.2) is 9.98 Å². The van der Waals surface area contributed by atoms with E-state index in [0.717, 1.165) is 40.1 Å². The predicted octanol–water partition coefficient (Wildman–Crippen LogP) is 1.06. The quantitative estimate of drug-likeness (QED) is 0.814. The van der Waals surface area contributed by atoms with Gasteiger partial charge in [0, 0.05) is 17.2 Å². The zero-order valence-corrected chi connectivity index (χ0v) is 16.1. The largest absolute Gasteiger partial charge is 0.309 e. The van der Waals surface area contributed by atoms with Crippen LogP contribution in [0.1, 0.15) is 17.7 Å². The van der Waals surface area contributed by atoms with E-state index in [2.05, 4.69) is 30.8 Å². The van der Waals surface area contributed by atoms with Crippen molar-refractivity contribution in [3.05, 3.63) is 58.3 Å². The Kier molecular flexibility index (Phi) is 5.60. The molecule has 2 aromatic rings. The van der Waals surface area contributed by atoms with Gasteiger partial charge in [-0.05, 0) is 57.4 Å².